The van der Waals surface area contributed by atoms with Gasteiger partial charge in [0.15, 0.2) is 0 Å². The van der Waals surface area contributed by atoms with E-state index in [0.29, 0.717) is 18.8 Å². The summed E-state index contributed by atoms with van der Waals surface area (Å²) >= 11 is 0. The molecule has 2 aromatic heterocycles. The van der Waals surface area contributed by atoms with E-state index in [2.05, 4.69) is 31.1 Å². The number of pyridine rings is 1. The third-order valence-electron chi connectivity index (χ3n) is 4.49. The molecule has 0 aromatic carbocycles. The number of hydrogen-bond acceptors (Lipinski definition) is 6. The second-order valence-electron chi connectivity index (χ2n) is 7.39. The number of hydrogen-bond donors (Lipinski definition) is 1. The minimum absolute atomic E-state index is 0.0146. The molecule has 1 fully saturated rings. The summed E-state index contributed by atoms with van der Waals surface area (Å²) in [6.45, 7) is 7.47. The van der Waals surface area contributed by atoms with Crippen molar-refractivity contribution < 1.29 is 9.66 Å². The molecule has 0 unspecified atom stereocenters. The van der Waals surface area contributed by atoms with Gasteiger partial charge in [-0.1, -0.05) is 26.8 Å². The second kappa shape index (κ2) is 6.44. The minimum atomic E-state index is -0.687. The second-order valence-corrected chi connectivity index (χ2v) is 7.39. The standard InChI is InChI=1S/C17H22N4O4/c1-17(2,3)14-11(7-9-25-14)10-18-15-13(21(23)24)16(22)20-8-5-4-6-12(20)19-15/h4-6,8,11,14,18H,7,9-10H2,1-3H3/t11-,14+/m1/s1. The van der Waals surface area contributed by atoms with Gasteiger partial charge in [0.1, 0.15) is 5.65 Å². The fourth-order valence-corrected chi connectivity index (χ4v) is 3.40. The quantitative estimate of drug-likeness (QED) is 0.674. The molecule has 0 aliphatic carbocycles. The average Bonchev–Trinajstić information content (AvgIpc) is 3.01. The van der Waals surface area contributed by atoms with Crippen molar-refractivity contribution >= 4 is 17.2 Å². The molecule has 8 heteroatoms. The maximum atomic E-state index is 12.4. The summed E-state index contributed by atoms with van der Waals surface area (Å²) in [5.41, 5.74) is -0.871. The maximum absolute atomic E-state index is 12.4. The van der Waals surface area contributed by atoms with Crippen LogP contribution in [0, 0.1) is 21.4 Å². The lowest BCUT2D eigenvalue weighted by Gasteiger charge is -2.31. The fraction of sp³-hybridized carbons (Fsp3) is 0.529. The molecule has 8 nitrogen and oxygen atoms in total. The van der Waals surface area contributed by atoms with Crippen molar-refractivity contribution in [2.45, 2.75) is 33.3 Å². The molecule has 134 valence electrons. The van der Waals surface area contributed by atoms with E-state index in [4.69, 9.17) is 4.74 Å². The van der Waals surface area contributed by atoms with Crippen LogP contribution in [0.25, 0.3) is 5.65 Å². The van der Waals surface area contributed by atoms with Crippen molar-refractivity contribution in [3.8, 4) is 0 Å². The lowest BCUT2D eigenvalue weighted by atomic mass is 9.81. The maximum Gasteiger partial charge on any atom is 0.376 e. The van der Waals surface area contributed by atoms with Gasteiger partial charge >= 0.3 is 11.2 Å². The summed E-state index contributed by atoms with van der Waals surface area (Å²) in [5.74, 6) is 0.219. The number of nitrogens with one attached hydrogen (secondary N) is 1. The molecule has 0 bridgehead atoms. The van der Waals surface area contributed by atoms with Gasteiger partial charge in [-0.15, -0.1) is 0 Å². The number of anilines is 1. The molecule has 1 N–H and O–H groups in total. The van der Waals surface area contributed by atoms with E-state index >= 15 is 0 Å². The largest absolute Gasteiger partial charge is 0.377 e. The van der Waals surface area contributed by atoms with Gasteiger partial charge in [0.25, 0.3) is 0 Å². The molecule has 3 rings (SSSR count). The van der Waals surface area contributed by atoms with Crippen molar-refractivity contribution in [1.82, 2.24) is 9.38 Å². The monoisotopic (exact) mass is 346 g/mol. The summed E-state index contributed by atoms with van der Waals surface area (Å²) in [6, 6.07) is 5.02. The van der Waals surface area contributed by atoms with Gasteiger partial charge in [-0.2, -0.15) is 0 Å². The van der Waals surface area contributed by atoms with Gasteiger partial charge in [0, 0.05) is 25.3 Å². The number of fused-ring (bicyclic) bond motifs is 1. The first kappa shape index (κ1) is 17.3. The van der Waals surface area contributed by atoms with E-state index in [1.807, 2.05) is 0 Å². The van der Waals surface area contributed by atoms with Crippen LogP contribution < -0.4 is 10.9 Å². The summed E-state index contributed by atoms with van der Waals surface area (Å²) < 4.78 is 7.01. The van der Waals surface area contributed by atoms with E-state index in [1.165, 1.54) is 10.6 Å². The number of nitro groups is 1. The van der Waals surface area contributed by atoms with Crippen LogP contribution in [0.1, 0.15) is 27.2 Å². The van der Waals surface area contributed by atoms with Crippen LogP contribution in [0.3, 0.4) is 0 Å². The van der Waals surface area contributed by atoms with Crippen LogP contribution in [0.15, 0.2) is 29.2 Å². The highest BCUT2D eigenvalue weighted by molar-refractivity contribution is 5.59. The highest BCUT2D eigenvalue weighted by Crippen LogP contribution is 2.35. The van der Waals surface area contributed by atoms with Crippen LogP contribution in [-0.4, -0.2) is 33.6 Å². The lowest BCUT2D eigenvalue weighted by molar-refractivity contribution is -0.385. The summed E-state index contributed by atoms with van der Waals surface area (Å²) in [7, 11) is 0. The normalized spacial score (nSPS) is 20.8. The van der Waals surface area contributed by atoms with Gasteiger partial charge in [-0.3, -0.25) is 19.3 Å². The third-order valence-corrected chi connectivity index (χ3v) is 4.49. The summed E-state index contributed by atoms with van der Waals surface area (Å²) in [4.78, 5) is 27.4. The molecule has 1 aliphatic rings. The number of ether oxygens (including phenoxy) is 1. The van der Waals surface area contributed by atoms with Crippen molar-refractivity contribution in [1.29, 1.82) is 0 Å². The van der Waals surface area contributed by atoms with E-state index in [9.17, 15) is 14.9 Å². The first-order valence-corrected chi connectivity index (χ1v) is 8.30. The smallest absolute Gasteiger partial charge is 0.376 e. The molecular weight excluding hydrogens is 324 g/mol. The SMILES string of the molecule is CC(C)(C)[C@H]1OCC[C@@H]1CNc1nc2ccccn2c(=O)c1[N+](=O)[O-]. The summed E-state index contributed by atoms with van der Waals surface area (Å²) in [5, 5.41) is 14.4. The Kier molecular flexibility index (Phi) is 4.47. The first-order valence-electron chi connectivity index (χ1n) is 8.30. The molecular formula is C17H22N4O4. The van der Waals surface area contributed by atoms with Crippen molar-refractivity contribution in [3.63, 3.8) is 0 Å². The topological polar surface area (TPSA) is 98.8 Å². The molecule has 3 heterocycles. The molecule has 0 saturated carbocycles. The number of nitrogens with zero attached hydrogens (tertiary/aromatic N) is 3. The van der Waals surface area contributed by atoms with Gasteiger partial charge in [0.2, 0.25) is 5.82 Å². The van der Waals surface area contributed by atoms with Gasteiger partial charge in [-0.05, 0) is 24.0 Å². The Labute approximate surface area is 145 Å². The summed E-state index contributed by atoms with van der Waals surface area (Å²) in [6.07, 6.45) is 2.40. The third kappa shape index (κ3) is 3.34. The number of aromatic nitrogens is 2. The van der Waals surface area contributed by atoms with Crippen molar-refractivity contribution in [3.05, 3.63) is 44.9 Å². The highest BCUT2D eigenvalue weighted by atomic mass is 16.6. The Bertz CT molecular complexity index is 856. The zero-order chi connectivity index (χ0) is 18.2. The molecule has 25 heavy (non-hydrogen) atoms. The first-order chi connectivity index (χ1) is 11.8. The average molecular weight is 346 g/mol. The molecule has 0 amide bonds. The van der Waals surface area contributed by atoms with E-state index in [0.717, 1.165) is 6.42 Å². The van der Waals surface area contributed by atoms with Crippen LogP contribution in [0.5, 0.6) is 0 Å². The van der Waals surface area contributed by atoms with Crippen molar-refractivity contribution in [2.75, 3.05) is 18.5 Å². The predicted octanol–water partition coefficient (Wildman–Crippen LogP) is 2.47. The van der Waals surface area contributed by atoms with E-state index in [-0.39, 0.29) is 23.3 Å². The molecule has 1 saturated heterocycles. The Morgan fingerprint density at radius 1 is 1.44 bits per heavy atom. The Hall–Kier alpha value is -2.48. The van der Waals surface area contributed by atoms with Gasteiger partial charge in [-0.25, -0.2) is 4.98 Å². The molecule has 2 atom stereocenters. The molecule has 2 aromatic rings. The van der Waals surface area contributed by atoms with Crippen LogP contribution in [0.4, 0.5) is 11.5 Å². The van der Waals surface area contributed by atoms with Crippen molar-refractivity contribution in [2.24, 2.45) is 11.3 Å². The molecule has 0 radical (unpaired) electrons. The highest BCUT2D eigenvalue weighted by Gasteiger charge is 2.37. The van der Waals surface area contributed by atoms with Crippen LogP contribution >= 0.6 is 0 Å². The Morgan fingerprint density at radius 3 is 2.88 bits per heavy atom. The van der Waals surface area contributed by atoms with Crippen LogP contribution in [-0.2, 0) is 4.74 Å². The zero-order valence-corrected chi connectivity index (χ0v) is 14.6. The molecule has 0 spiro atoms. The van der Waals surface area contributed by atoms with Gasteiger partial charge in [0.05, 0.1) is 11.0 Å². The fourth-order valence-electron chi connectivity index (χ4n) is 3.40. The van der Waals surface area contributed by atoms with E-state index < -0.39 is 16.2 Å². The minimum Gasteiger partial charge on any atom is -0.377 e. The zero-order valence-electron chi connectivity index (χ0n) is 14.6. The number of rotatable bonds is 4. The predicted molar refractivity (Wildman–Crippen MR) is 93.9 cm³/mol. The lowest BCUT2D eigenvalue weighted by Crippen LogP contribution is -2.35. The Morgan fingerprint density at radius 2 is 2.20 bits per heavy atom. The van der Waals surface area contributed by atoms with Crippen LogP contribution in [0.2, 0.25) is 0 Å². The molecule has 1 aliphatic heterocycles. The van der Waals surface area contributed by atoms with E-state index in [1.54, 1.807) is 18.2 Å². The Balaban J connectivity index is 1.92. The van der Waals surface area contributed by atoms with Gasteiger partial charge < -0.3 is 10.1 Å².